The predicted octanol–water partition coefficient (Wildman–Crippen LogP) is 3.13. The number of benzene rings is 1. The van der Waals surface area contributed by atoms with E-state index in [9.17, 15) is 4.39 Å². The molecule has 0 bridgehead atoms. The quantitative estimate of drug-likeness (QED) is 0.880. The highest BCUT2D eigenvalue weighted by Crippen LogP contribution is 2.21. The van der Waals surface area contributed by atoms with Crippen LogP contribution in [0, 0.1) is 5.82 Å². The van der Waals surface area contributed by atoms with Crippen LogP contribution in [0.3, 0.4) is 0 Å². The van der Waals surface area contributed by atoms with Gasteiger partial charge in [0.15, 0.2) is 0 Å². The topological polar surface area (TPSA) is 12.0 Å². The zero-order valence-electron chi connectivity index (χ0n) is 8.70. The Kier molecular flexibility index (Phi) is 3.67. The Bertz CT molecular complexity index is 323. The molecule has 0 heterocycles. The van der Waals surface area contributed by atoms with Crippen LogP contribution in [0.2, 0.25) is 0 Å². The van der Waals surface area contributed by atoms with Crippen molar-refractivity contribution in [3.8, 4) is 0 Å². The second-order valence-corrected chi connectivity index (χ2v) is 4.88. The Morgan fingerprint density at radius 1 is 1.43 bits per heavy atom. The Balaban J connectivity index is 2.92. The van der Waals surface area contributed by atoms with E-state index in [2.05, 4.69) is 21.2 Å². The predicted molar refractivity (Wildman–Crippen MR) is 60.9 cm³/mol. The van der Waals surface area contributed by atoms with E-state index in [0.29, 0.717) is 10.9 Å². The average Bonchev–Trinajstić information content (AvgIpc) is 2.13. The zero-order valence-corrected chi connectivity index (χ0v) is 10.3. The summed E-state index contributed by atoms with van der Waals surface area (Å²) in [6, 6.07) is 5.39. The van der Waals surface area contributed by atoms with Gasteiger partial charge >= 0.3 is 0 Å². The van der Waals surface area contributed by atoms with Gasteiger partial charge in [0.2, 0.25) is 0 Å². The lowest BCUT2D eigenvalue weighted by atomic mass is 9.95. The third-order valence-electron chi connectivity index (χ3n) is 2.34. The molecule has 78 valence electrons. The molecule has 0 aliphatic carbocycles. The average molecular weight is 260 g/mol. The van der Waals surface area contributed by atoms with Crippen LogP contribution >= 0.6 is 15.9 Å². The molecule has 1 aromatic rings. The van der Waals surface area contributed by atoms with Gasteiger partial charge in [0.05, 0.1) is 4.47 Å². The Morgan fingerprint density at radius 2 is 2.07 bits per heavy atom. The number of rotatable bonds is 3. The van der Waals surface area contributed by atoms with E-state index in [4.69, 9.17) is 0 Å². The number of likely N-dealkylation sites (N-methyl/N-ethyl adjacent to an activating group) is 1. The van der Waals surface area contributed by atoms with E-state index in [1.165, 1.54) is 0 Å². The number of hydrogen-bond donors (Lipinski definition) is 1. The molecule has 0 saturated carbocycles. The molecule has 0 unspecified atom stereocenters. The van der Waals surface area contributed by atoms with Gasteiger partial charge in [-0.2, -0.15) is 0 Å². The van der Waals surface area contributed by atoms with Gasteiger partial charge in [0.1, 0.15) is 5.82 Å². The molecule has 1 nitrogen and oxygen atoms in total. The largest absolute Gasteiger partial charge is 0.314 e. The van der Waals surface area contributed by atoms with Crippen molar-refractivity contribution in [2.45, 2.75) is 25.8 Å². The summed E-state index contributed by atoms with van der Waals surface area (Å²) in [4.78, 5) is 0. The molecule has 0 amide bonds. The molecule has 0 radical (unpaired) electrons. The van der Waals surface area contributed by atoms with Crippen LogP contribution in [-0.2, 0) is 6.42 Å². The molecule has 0 fully saturated rings. The molecule has 1 N–H and O–H groups in total. The van der Waals surface area contributed by atoms with Gasteiger partial charge < -0.3 is 5.32 Å². The van der Waals surface area contributed by atoms with Crippen LogP contribution in [0.4, 0.5) is 4.39 Å². The van der Waals surface area contributed by atoms with Crippen LogP contribution < -0.4 is 5.32 Å². The minimum Gasteiger partial charge on any atom is -0.314 e. The maximum atomic E-state index is 13.6. The molecule has 1 aromatic carbocycles. The van der Waals surface area contributed by atoms with Crippen molar-refractivity contribution in [1.29, 1.82) is 0 Å². The second-order valence-electron chi connectivity index (χ2n) is 4.02. The van der Waals surface area contributed by atoms with E-state index in [1.807, 2.05) is 33.0 Å². The smallest absolute Gasteiger partial charge is 0.140 e. The summed E-state index contributed by atoms with van der Waals surface area (Å²) in [7, 11) is 1.88. The molecule has 0 aliphatic heterocycles. The van der Waals surface area contributed by atoms with Crippen molar-refractivity contribution in [2.24, 2.45) is 0 Å². The van der Waals surface area contributed by atoms with E-state index in [1.54, 1.807) is 6.07 Å². The lowest BCUT2D eigenvalue weighted by Gasteiger charge is -2.24. The monoisotopic (exact) mass is 259 g/mol. The molecule has 14 heavy (non-hydrogen) atoms. The van der Waals surface area contributed by atoms with Gasteiger partial charge in [0.25, 0.3) is 0 Å². The molecule has 0 saturated heterocycles. The van der Waals surface area contributed by atoms with Crippen molar-refractivity contribution in [3.05, 3.63) is 34.1 Å². The Labute approximate surface area is 92.8 Å². The Hall–Kier alpha value is -0.410. The molecule has 3 heteroatoms. The van der Waals surface area contributed by atoms with Crippen LogP contribution in [0.15, 0.2) is 22.7 Å². The molecule has 1 rings (SSSR count). The molecule has 0 spiro atoms. The van der Waals surface area contributed by atoms with Gasteiger partial charge in [-0.15, -0.1) is 0 Å². The van der Waals surface area contributed by atoms with E-state index < -0.39 is 0 Å². The summed E-state index contributed by atoms with van der Waals surface area (Å²) in [5.74, 6) is -0.157. The fourth-order valence-electron chi connectivity index (χ4n) is 1.25. The first kappa shape index (κ1) is 11.7. The van der Waals surface area contributed by atoms with Gasteiger partial charge in [0, 0.05) is 5.54 Å². The van der Waals surface area contributed by atoms with Crippen molar-refractivity contribution < 1.29 is 4.39 Å². The van der Waals surface area contributed by atoms with Crippen LogP contribution in [0.1, 0.15) is 19.4 Å². The normalized spacial score (nSPS) is 11.8. The van der Waals surface area contributed by atoms with Gasteiger partial charge in [-0.25, -0.2) is 4.39 Å². The first-order chi connectivity index (χ1) is 6.46. The van der Waals surface area contributed by atoms with Crippen LogP contribution in [-0.4, -0.2) is 12.6 Å². The second kappa shape index (κ2) is 4.41. The first-order valence-electron chi connectivity index (χ1n) is 4.58. The summed E-state index contributed by atoms with van der Waals surface area (Å²) in [5, 5.41) is 3.15. The fourth-order valence-corrected chi connectivity index (χ4v) is 1.66. The van der Waals surface area contributed by atoms with Crippen molar-refractivity contribution >= 4 is 15.9 Å². The highest BCUT2D eigenvalue weighted by atomic mass is 79.9. The lowest BCUT2D eigenvalue weighted by Crippen LogP contribution is -2.38. The highest BCUT2D eigenvalue weighted by Gasteiger charge is 2.18. The zero-order chi connectivity index (χ0) is 10.8. The van der Waals surface area contributed by atoms with E-state index >= 15 is 0 Å². The van der Waals surface area contributed by atoms with Gasteiger partial charge in [-0.1, -0.05) is 12.1 Å². The third kappa shape index (κ3) is 2.79. The third-order valence-corrected chi connectivity index (χ3v) is 2.95. The summed E-state index contributed by atoms with van der Waals surface area (Å²) >= 11 is 3.18. The first-order valence-corrected chi connectivity index (χ1v) is 5.37. The molecule has 0 aliphatic rings. The maximum absolute atomic E-state index is 13.6. The Morgan fingerprint density at radius 3 is 2.64 bits per heavy atom. The summed E-state index contributed by atoms with van der Waals surface area (Å²) in [5.41, 5.74) is 0.653. The minimum absolute atomic E-state index is 0.0817. The van der Waals surface area contributed by atoms with E-state index in [0.717, 1.165) is 5.56 Å². The molecule has 0 aromatic heterocycles. The minimum atomic E-state index is -0.157. The van der Waals surface area contributed by atoms with E-state index in [-0.39, 0.29) is 11.4 Å². The SMILES string of the molecule is CNC(C)(C)Cc1cccc(Br)c1F. The van der Waals surface area contributed by atoms with Crippen LogP contribution in [0.5, 0.6) is 0 Å². The number of nitrogens with one attached hydrogen (secondary N) is 1. The van der Waals surface area contributed by atoms with Crippen molar-refractivity contribution in [3.63, 3.8) is 0 Å². The van der Waals surface area contributed by atoms with Crippen LogP contribution in [0.25, 0.3) is 0 Å². The summed E-state index contributed by atoms with van der Waals surface area (Å²) < 4.78 is 14.1. The number of halogens is 2. The molecular formula is C11H15BrFN. The van der Waals surface area contributed by atoms with Gasteiger partial charge in [-0.05, 0) is 54.9 Å². The fraction of sp³-hybridized carbons (Fsp3) is 0.455. The van der Waals surface area contributed by atoms with Gasteiger partial charge in [-0.3, -0.25) is 0 Å². The standard InChI is InChI=1S/C11H15BrFN/c1-11(2,14-3)7-8-5-4-6-9(12)10(8)13/h4-6,14H,7H2,1-3H3. The lowest BCUT2D eigenvalue weighted by molar-refractivity contribution is 0.413. The van der Waals surface area contributed by atoms with Crippen molar-refractivity contribution in [2.75, 3.05) is 7.05 Å². The molecular weight excluding hydrogens is 245 g/mol. The highest BCUT2D eigenvalue weighted by molar-refractivity contribution is 9.10. The van der Waals surface area contributed by atoms with Crippen molar-refractivity contribution in [1.82, 2.24) is 5.32 Å². The summed E-state index contributed by atoms with van der Waals surface area (Å²) in [6.07, 6.45) is 0.675. The maximum Gasteiger partial charge on any atom is 0.140 e. The number of hydrogen-bond acceptors (Lipinski definition) is 1. The molecule has 0 atom stereocenters. The summed E-state index contributed by atoms with van der Waals surface area (Å²) in [6.45, 7) is 4.10.